The monoisotopic (exact) mass is 557 g/mol. The molecule has 10 heteroatoms. The molecule has 4 aliphatic rings. The van der Waals surface area contributed by atoms with E-state index in [0.717, 1.165) is 17.7 Å². The number of benzene rings is 1. The highest BCUT2D eigenvalue weighted by Crippen LogP contribution is 2.64. The van der Waals surface area contributed by atoms with E-state index in [-0.39, 0.29) is 25.5 Å². The van der Waals surface area contributed by atoms with Crippen LogP contribution in [-0.4, -0.2) is 76.1 Å². The lowest BCUT2D eigenvalue weighted by Crippen LogP contribution is -2.74. The first-order valence-corrected chi connectivity index (χ1v) is 13.9. The molecule has 2 heterocycles. The Kier molecular flexibility index (Phi) is 7.04. The van der Waals surface area contributed by atoms with E-state index in [0.29, 0.717) is 29.9 Å². The van der Waals surface area contributed by atoms with Crippen LogP contribution >= 0.6 is 0 Å². The van der Waals surface area contributed by atoms with E-state index in [1.54, 1.807) is 33.8 Å². The molecule has 2 N–H and O–H groups in total. The highest BCUT2D eigenvalue weighted by Gasteiger charge is 2.71. The summed E-state index contributed by atoms with van der Waals surface area (Å²) in [7, 11) is 2.01. The molecule has 1 fully saturated rings. The molecule has 6 atom stereocenters. The van der Waals surface area contributed by atoms with E-state index in [1.807, 2.05) is 19.2 Å². The van der Waals surface area contributed by atoms with E-state index in [1.165, 1.54) is 6.92 Å². The van der Waals surface area contributed by atoms with Crippen molar-refractivity contribution in [2.75, 3.05) is 13.6 Å². The number of ether oxygens (including phenoxy) is 4. The zero-order chi connectivity index (χ0) is 29.2. The van der Waals surface area contributed by atoms with Crippen LogP contribution in [0.25, 0.3) is 0 Å². The van der Waals surface area contributed by atoms with Crippen molar-refractivity contribution in [1.29, 1.82) is 0 Å². The molecule has 0 unspecified atom stereocenters. The largest absolute Gasteiger partial charge is 0.481 e. The third-order valence-corrected chi connectivity index (χ3v) is 8.77. The summed E-state index contributed by atoms with van der Waals surface area (Å²) in [6.07, 6.45) is 1.09. The van der Waals surface area contributed by atoms with Gasteiger partial charge in [0.15, 0.2) is 12.2 Å². The highest BCUT2D eigenvalue weighted by atomic mass is 16.6. The topological polar surface area (TPSA) is 132 Å². The lowest BCUT2D eigenvalue weighted by molar-refractivity contribution is -0.176. The maximum atomic E-state index is 13.2. The Morgan fingerprint density at radius 2 is 1.93 bits per heavy atom. The fourth-order valence-electron chi connectivity index (χ4n) is 6.86. The van der Waals surface area contributed by atoms with Crippen LogP contribution in [0.5, 0.6) is 5.75 Å². The van der Waals surface area contributed by atoms with Crippen LogP contribution in [0.4, 0.5) is 0 Å². The number of esters is 3. The van der Waals surface area contributed by atoms with Gasteiger partial charge in [0.2, 0.25) is 0 Å². The maximum Gasteiger partial charge on any atom is 0.347 e. The molecule has 1 spiro atoms. The number of hydrogen-bond acceptors (Lipinski definition) is 10. The van der Waals surface area contributed by atoms with Crippen LogP contribution in [0.3, 0.4) is 0 Å². The molecule has 1 aromatic carbocycles. The molecule has 5 rings (SSSR count). The maximum absolute atomic E-state index is 13.2. The smallest absolute Gasteiger partial charge is 0.347 e. The standard InChI is InChI=1S/C30H39NO9/c1-16(13-22(33)37-17(2)27(35)40-28(3,4)5)26(34)38-20-9-10-30(36)21-14-18-7-8-19(15-32)24-23(18)29(30,25(20)39-24)11-12-31(21)6/h7-9,16-17,21,25,32,36H,10-15H2,1-6H3/t16-,17-,21+,25-,29-,30+/m0/s1. The summed E-state index contributed by atoms with van der Waals surface area (Å²) in [4.78, 5) is 40.0. The Balaban J connectivity index is 1.34. The first-order chi connectivity index (χ1) is 18.7. The molecule has 0 saturated carbocycles. The molecule has 0 radical (unpaired) electrons. The average Bonchev–Trinajstić information content (AvgIpc) is 3.22. The van der Waals surface area contributed by atoms with Gasteiger partial charge in [0, 0.05) is 23.6 Å². The van der Waals surface area contributed by atoms with Gasteiger partial charge in [0.1, 0.15) is 17.1 Å². The zero-order valence-electron chi connectivity index (χ0n) is 24.0. The Hall–Kier alpha value is -2.95. The number of aliphatic hydroxyl groups excluding tert-OH is 1. The Morgan fingerprint density at radius 1 is 1.20 bits per heavy atom. The van der Waals surface area contributed by atoms with Gasteiger partial charge in [-0.25, -0.2) is 4.79 Å². The van der Waals surface area contributed by atoms with Crippen LogP contribution in [0, 0.1) is 5.92 Å². The van der Waals surface area contributed by atoms with E-state index in [2.05, 4.69) is 4.90 Å². The lowest BCUT2D eigenvalue weighted by Gasteiger charge is -2.61. The molecule has 2 aliphatic heterocycles. The minimum absolute atomic E-state index is 0.139. The molecular formula is C30H39NO9. The minimum Gasteiger partial charge on any atom is -0.481 e. The van der Waals surface area contributed by atoms with Crippen LogP contribution in [0.2, 0.25) is 0 Å². The number of hydrogen-bond donors (Lipinski definition) is 2. The van der Waals surface area contributed by atoms with Crippen molar-refractivity contribution in [3.8, 4) is 5.75 Å². The molecule has 218 valence electrons. The van der Waals surface area contributed by atoms with Crippen molar-refractivity contribution in [2.45, 2.75) is 102 Å². The van der Waals surface area contributed by atoms with Crippen LogP contribution in [0.15, 0.2) is 24.0 Å². The Bertz CT molecular complexity index is 1270. The fraction of sp³-hybridized carbons (Fsp3) is 0.633. The number of carbonyl (C=O) groups excluding carboxylic acids is 3. The highest BCUT2D eigenvalue weighted by molar-refractivity contribution is 5.83. The summed E-state index contributed by atoms with van der Waals surface area (Å²) in [5.74, 6) is -2.03. The molecule has 40 heavy (non-hydrogen) atoms. The van der Waals surface area contributed by atoms with Crippen molar-refractivity contribution in [2.24, 2.45) is 5.92 Å². The summed E-state index contributed by atoms with van der Waals surface area (Å²) < 4.78 is 22.8. The molecule has 0 amide bonds. The van der Waals surface area contributed by atoms with Crippen molar-refractivity contribution in [3.05, 3.63) is 40.7 Å². The molecular weight excluding hydrogens is 518 g/mol. The van der Waals surface area contributed by atoms with E-state index in [4.69, 9.17) is 18.9 Å². The number of aliphatic hydroxyl groups is 2. The summed E-state index contributed by atoms with van der Waals surface area (Å²) in [6.45, 7) is 8.64. The van der Waals surface area contributed by atoms with Crippen LogP contribution in [0.1, 0.15) is 70.6 Å². The van der Waals surface area contributed by atoms with Gasteiger partial charge in [0.25, 0.3) is 0 Å². The average molecular weight is 558 g/mol. The van der Waals surface area contributed by atoms with E-state index in [9.17, 15) is 24.6 Å². The van der Waals surface area contributed by atoms with Gasteiger partial charge in [-0.1, -0.05) is 19.1 Å². The second-order valence-electron chi connectivity index (χ2n) is 12.6. The molecule has 2 aliphatic carbocycles. The molecule has 0 aromatic heterocycles. The number of nitrogens with zero attached hydrogens (tertiary/aromatic N) is 1. The summed E-state index contributed by atoms with van der Waals surface area (Å²) >= 11 is 0. The van der Waals surface area contributed by atoms with Crippen LogP contribution in [-0.2, 0) is 47.0 Å². The molecule has 1 aromatic rings. The van der Waals surface area contributed by atoms with E-state index < -0.39 is 52.7 Å². The summed E-state index contributed by atoms with van der Waals surface area (Å²) in [5, 5.41) is 22.3. The Labute approximate surface area is 234 Å². The van der Waals surface area contributed by atoms with Gasteiger partial charge < -0.3 is 34.1 Å². The predicted octanol–water partition coefficient (Wildman–Crippen LogP) is 2.30. The zero-order valence-corrected chi connectivity index (χ0v) is 24.0. The third-order valence-electron chi connectivity index (χ3n) is 8.77. The fourth-order valence-corrected chi connectivity index (χ4v) is 6.86. The second kappa shape index (κ2) is 9.85. The summed E-state index contributed by atoms with van der Waals surface area (Å²) in [6, 6.07) is 3.71. The van der Waals surface area contributed by atoms with Gasteiger partial charge in [-0.15, -0.1) is 0 Å². The second-order valence-corrected chi connectivity index (χ2v) is 12.6. The van der Waals surface area contributed by atoms with Gasteiger partial charge in [-0.3, -0.25) is 9.59 Å². The van der Waals surface area contributed by atoms with Crippen molar-refractivity contribution < 1.29 is 43.5 Å². The predicted molar refractivity (Wildman–Crippen MR) is 142 cm³/mol. The molecule has 10 nitrogen and oxygen atoms in total. The first kappa shape index (κ1) is 28.6. The normalized spacial score (nSPS) is 29.9. The first-order valence-electron chi connectivity index (χ1n) is 13.9. The SMILES string of the molecule is C[C@H](OC(=O)C[C@H](C)C(=O)OC1=CC[C@@]2(O)[C@H]3Cc4ccc(CO)c5c4[C@@]2(CCN3C)[C@H]1O5)C(=O)OC(C)(C)C. The van der Waals surface area contributed by atoms with E-state index >= 15 is 0 Å². The molecule has 2 bridgehead atoms. The lowest BCUT2D eigenvalue weighted by atomic mass is 9.50. The van der Waals surface area contributed by atoms with Crippen molar-refractivity contribution >= 4 is 17.9 Å². The Morgan fingerprint density at radius 3 is 2.60 bits per heavy atom. The summed E-state index contributed by atoms with van der Waals surface area (Å²) in [5.41, 5.74) is -0.0819. The number of rotatable bonds is 7. The molecule has 1 saturated heterocycles. The number of likely N-dealkylation sites (N-methyl/N-ethyl adjacent to an activating group) is 1. The van der Waals surface area contributed by atoms with Crippen LogP contribution < -0.4 is 4.74 Å². The quantitative estimate of drug-likeness (QED) is 0.380. The van der Waals surface area contributed by atoms with Gasteiger partial charge in [-0.2, -0.15) is 0 Å². The number of likely N-dealkylation sites (tertiary alicyclic amines) is 1. The van der Waals surface area contributed by atoms with Crippen molar-refractivity contribution in [1.82, 2.24) is 4.90 Å². The number of carbonyl (C=O) groups is 3. The third kappa shape index (κ3) is 4.40. The number of piperidine rings is 1. The van der Waals surface area contributed by atoms with Gasteiger partial charge >= 0.3 is 17.9 Å². The minimum atomic E-state index is -1.14. The van der Waals surface area contributed by atoms with Crippen molar-refractivity contribution in [3.63, 3.8) is 0 Å². The van der Waals surface area contributed by atoms with Gasteiger partial charge in [-0.05, 0) is 65.8 Å². The van der Waals surface area contributed by atoms with Gasteiger partial charge in [0.05, 0.1) is 30.0 Å².